The van der Waals surface area contributed by atoms with Crippen molar-refractivity contribution >= 4 is 0 Å². The fraction of sp³-hybridized carbons (Fsp3) is 0.571. The first kappa shape index (κ1) is 12.4. The molecule has 0 heterocycles. The highest BCUT2D eigenvalue weighted by molar-refractivity contribution is 5.43. The molecule has 0 aromatic heterocycles. The molecule has 0 saturated heterocycles. The third kappa shape index (κ3) is 2.61. The van der Waals surface area contributed by atoms with Gasteiger partial charge in [0.2, 0.25) is 0 Å². The lowest BCUT2D eigenvalue weighted by Crippen LogP contribution is -2.45. The highest BCUT2D eigenvalue weighted by atomic mass is 16.5. The highest BCUT2D eigenvalue weighted by Crippen LogP contribution is 2.29. The molecule has 0 saturated carbocycles. The molecule has 0 amide bonds. The van der Waals surface area contributed by atoms with Gasteiger partial charge >= 0.3 is 0 Å². The molecule has 2 N–H and O–H groups in total. The van der Waals surface area contributed by atoms with E-state index in [9.17, 15) is 5.11 Å². The minimum atomic E-state index is -0.314. The van der Waals surface area contributed by atoms with Gasteiger partial charge in [0, 0.05) is 12.5 Å². The van der Waals surface area contributed by atoms with E-state index in [0.29, 0.717) is 6.42 Å². The third-order valence-electron chi connectivity index (χ3n) is 3.42. The Balaban J connectivity index is 2.17. The first-order valence-corrected chi connectivity index (χ1v) is 6.32. The van der Waals surface area contributed by atoms with E-state index < -0.39 is 0 Å². The number of hydrogen-bond donors (Lipinski definition) is 2. The van der Waals surface area contributed by atoms with Gasteiger partial charge in [0.05, 0.1) is 13.2 Å². The number of fused-ring (bicyclic) bond motifs is 1. The second kappa shape index (κ2) is 5.52. The van der Waals surface area contributed by atoms with Gasteiger partial charge in [-0.1, -0.05) is 19.1 Å². The number of methoxy groups -OCH3 is 1. The minimum absolute atomic E-state index is 0.176. The predicted octanol–water partition coefficient (Wildman–Crippen LogP) is 1.52. The lowest BCUT2D eigenvalue weighted by atomic mass is 9.85. The molecular weight excluding hydrogens is 214 g/mol. The standard InChI is InChI=1S/C14H21NO2/c1-3-7-15-12-8-10-5-4-6-14(17-2)11(10)9-13(12)16/h4-6,12-13,15-16H,3,7-9H2,1-2H3/t12?,13-/m1/s1. The lowest BCUT2D eigenvalue weighted by Gasteiger charge is -2.31. The van der Waals surface area contributed by atoms with Gasteiger partial charge in [-0.3, -0.25) is 0 Å². The van der Waals surface area contributed by atoms with Crippen LogP contribution in [-0.4, -0.2) is 30.9 Å². The van der Waals surface area contributed by atoms with E-state index in [1.54, 1.807) is 7.11 Å². The summed E-state index contributed by atoms with van der Waals surface area (Å²) in [4.78, 5) is 0. The van der Waals surface area contributed by atoms with Gasteiger partial charge in [0.15, 0.2) is 0 Å². The summed E-state index contributed by atoms with van der Waals surface area (Å²) in [5, 5.41) is 13.6. The maximum Gasteiger partial charge on any atom is 0.122 e. The summed E-state index contributed by atoms with van der Waals surface area (Å²) in [6.07, 6.45) is 2.34. The summed E-state index contributed by atoms with van der Waals surface area (Å²) in [5.74, 6) is 0.899. The van der Waals surface area contributed by atoms with Crippen LogP contribution in [0.4, 0.5) is 0 Å². The van der Waals surface area contributed by atoms with Gasteiger partial charge in [-0.05, 0) is 36.6 Å². The van der Waals surface area contributed by atoms with Crippen molar-refractivity contribution in [3.8, 4) is 5.75 Å². The Labute approximate surface area is 103 Å². The number of rotatable bonds is 4. The third-order valence-corrected chi connectivity index (χ3v) is 3.42. The van der Waals surface area contributed by atoms with Crippen molar-refractivity contribution in [2.45, 2.75) is 38.3 Å². The molecule has 17 heavy (non-hydrogen) atoms. The number of ether oxygens (including phenoxy) is 1. The molecule has 0 radical (unpaired) electrons. The zero-order chi connectivity index (χ0) is 12.3. The monoisotopic (exact) mass is 235 g/mol. The molecule has 3 nitrogen and oxygen atoms in total. The van der Waals surface area contributed by atoms with Gasteiger partial charge in [0.1, 0.15) is 5.75 Å². The number of aliphatic hydroxyl groups excluding tert-OH is 1. The first-order chi connectivity index (χ1) is 8.26. The van der Waals surface area contributed by atoms with E-state index >= 15 is 0 Å². The SMILES string of the molecule is CCCNC1Cc2cccc(OC)c2C[C@H]1O. The molecule has 1 aliphatic rings. The maximum atomic E-state index is 10.1. The summed E-state index contributed by atoms with van der Waals surface area (Å²) < 4.78 is 5.35. The number of aliphatic hydroxyl groups is 1. The zero-order valence-electron chi connectivity index (χ0n) is 10.6. The molecule has 2 atom stereocenters. The van der Waals surface area contributed by atoms with E-state index in [-0.39, 0.29) is 12.1 Å². The number of nitrogens with one attached hydrogen (secondary N) is 1. The molecule has 1 aromatic rings. The molecule has 1 unspecified atom stereocenters. The summed E-state index contributed by atoms with van der Waals surface area (Å²) in [6, 6.07) is 6.29. The van der Waals surface area contributed by atoms with Crippen LogP contribution in [0, 0.1) is 0 Å². The van der Waals surface area contributed by atoms with Gasteiger partial charge in [-0.15, -0.1) is 0 Å². The molecule has 1 aliphatic carbocycles. The molecule has 94 valence electrons. The summed E-state index contributed by atoms with van der Waals surface area (Å²) in [5.41, 5.74) is 2.46. The van der Waals surface area contributed by atoms with Crippen LogP contribution in [0.5, 0.6) is 5.75 Å². The lowest BCUT2D eigenvalue weighted by molar-refractivity contribution is 0.118. The molecule has 2 rings (SSSR count). The fourth-order valence-electron chi connectivity index (χ4n) is 2.49. The predicted molar refractivity (Wildman–Crippen MR) is 68.5 cm³/mol. The van der Waals surface area contributed by atoms with Gasteiger partial charge in [-0.2, -0.15) is 0 Å². The highest BCUT2D eigenvalue weighted by Gasteiger charge is 2.28. The summed E-state index contributed by atoms with van der Waals surface area (Å²) in [6.45, 7) is 3.10. The topological polar surface area (TPSA) is 41.5 Å². The van der Waals surface area contributed by atoms with Gasteiger partial charge in [0.25, 0.3) is 0 Å². The van der Waals surface area contributed by atoms with E-state index in [2.05, 4.69) is 18.3 Å². The Morgan fingerprint density at radius 1 is 1.41 bits per heavy atom. The van der Waals surface area contributed by atoms with E-state index in [1.165, 1.54) is 5.56 Å². The number of hydrogen-bond acceptors (Lipinski definition) is 3. The minimum Gasteiger partial charge on any atom is -0.496 e. The average Bonchev–Trinajstić information content (AvgIpc) is 2.35. The zero-order valence-corrected chi connectivity index (χ0v) is 10.6. The molecule has 0 fully saturated rings. The van der Waals surface area contributed by atoms with Crippen molar-refractivity contribution in [1.29, 1.82) is 0 Å². The van der Waals surface area contributed by atoms with Crippen LogP contribution in [-0.2, 0) is 12.8 Å². The van der Waals surface area contributed by atoms with Gasteiger partial charge < -0.3 is 15.2 Å². The van der Waals surface area contributed by atoms with Crippen molar-refractivity contribution in [2.24, 2.45) is 0 Å². The van der Waals surface area contributed by atoms with Crippen LogP contribution in [0.2, 0.25) is 0 Å². The molecule has 0 spiro atoms. The second-order valence-corrected chi connectivity index (χ2v) is 4.63. The van der Waals surface area contributed by atoms with Crippen LogP contribution < -0.4 is 10.1 Å². The average molecular weight is 235 g/mol. The van der Waals surface area contributed by atoms with Crippen molar-refractivity contribution in [3.05, 3.63) is 29.3 Å². The summed E-state index contributed by atoms with van der Waals surface area (Å²) >= 11 is 0. The van der Waals surface area contributed by atoms with Crippen LogP contribution in [0.25, 0.3) is 0 Å². The van der Waals surface area contributed by atoms with E-state index in [4.69, 9.17) is 4.74 Å². The maximum absolute atomic E-state index is 10.1. The van der Waals surface area contributed by atoms with Crippen LogP contribution >= 0.6 is 0 Å². The Kier molecular flexibility index (Phi) is 4.02. The quantitative estimate of drug-likeness (QED) is 0.831. The molecule has 0 aliphatic heterocycles. The van der Waals surface area contributed by atoms with Crippen LogP contribution in [0.15, 0.2) is 18.2 Å². The van der Waals surface area contributed by atoms with Crippen LogP contribution in [0.1, 0.15) is 24.5 Å². The summed E-state index contributed by atoms with van der Waals surface area (Å²) in [7, 11) is 1.68. The van der Waals surface area contributed by atoms with Gasteiger partial charge in [-0.25, -0.2) is 0 Å². The molecular formula is C14H21NO2. The van der Waals surface area contributed by atoms with Crippen LogP contribution in [0.3, 0.4) is 0 Å². The molecule has 3 heteroatoms. The van der Waals surface area contributed by atoms with Crippen molar-refractivity contribution in [1.82, 2.24) is 5.32 Å². The Bertz CT molecular complexity index is 378. The van der Waals surface area contributed by atoms with E-state index in [1.807, 2.05) is 12.1 Å². The number of benzene rings is 1. The Hall–Kier alpha value is -1.06. The van der Waals surface area contributed by atoms with Crippen molar-refractivity contribution < 1.29 is 9.84 Å². The fourth-order valence-corrected chi connectivity index (χ4v) is 2.49. The normalized spacial score (nSPS) is 23.2. The molecule has 1 aromatic carbocycles. The Morgan fingerprint density at radius 3 is 2.94 bits per heavy atom. The first-order valence-electron chi connectivity index (χ1n) is 6.32. The second-order valence-electron chi connectivity index (χ2n) is 4.63. The molecule has 0 bridgehead atoms. The van der Waals surface area contributed by atoms with Crippen molar-refractivity contribution in [2.75, 3.05) is 13.7 Å². The largest absolute Gasteiger partial charge is 0.496 e. The smallest absolute Gasteiger partial charge is 0.122 e. The van der Waals surface area contributed by atoms with Crippen molar-refractivity contribution in [3.63, 3.8) is 0 Å². The van der Waals surface area contributed by atoms with E-state index in [0.717, 1.165) is 30.7 Å². The Morgan fingerprint density at radius 2 is 2.24 bits per heavy atom.